The van der Waals surface area contributed by atoms with E-state index in [4.69, 9.17) is 9.47 Å². The Bertz CT molecular complexity index is 1030. The summed E-state index contributed by atoms with van der Waals surface area (Å²) in [6, 6.07) is -0.393. The van der Waals surface area contributed by atoms with Gasteiger partial charge in [-0.15, -0.1) is 0 Å². The number of alkyl carbamates (subject to hydrolysis) is 1. The van der Waals surface area contributed by atoms with Crippen LogP contribution in [0.25, 0.3) is 11.3 Å². The SMILES string of the molecule is COC(=O)c1c(C=O)nc(N[C@@H]2CCCC[C@@H]2NC(=O)OC(C)(C)C)nc1-c1cnn(C)c1. The maximum Gasteiger partial charge on any atom is 0.407 e. The third-order valence-electron chi connectivity index (χ3n) is 5.20. The maximum atomic E-state index is 12.4. The predicted molar refractivity (Wildman–Crippen MR) is 120 cm³/mol. The number of ether oxygens (including phenoxy) is 2. The van der Waals surface area contributed by atoms with Gasteiger partial charge < -0.3 is 20.1 Å². The lowest BCUT2D eigenvalue weighted by Gasteiger charge is -2.33. The number of esters is 1. The molecule has 33 heavy (non-hydrogen) atoms. The van der Waals surface area contributed by atoms with Crippen molar-refractivity contribution in [3.05, 3.63) is 23.7 Å². The number of anilines is 1. The number of hydrogen-bond acceptors (Lipinski definition) is 9. The van der Waals surface area contributed by atoms with Gasteiger partial charge in [0, 0.05) is 24.8 Å². The number of aryl methyl sites for hydroxylation is 1. The number of aromatic nitrogens is 4. The molecule has 0 saturated heterocycles. The first-order valence-electron chi connectivity index (χ1n) is 10.8. The highest BCUT2D eigenvalue weighted by molar-refractivity contribution is 6.02. The van der Waals surface area contributed by atoms with Gasteiger partial charge in [0.15, 0.2) is 6.29 Å². The van der Waals surface area contributed by atoms with Crippen molar-refractivity contribution in [2.75, 3.05) is 12.4 Å². The molecular formula is C22H30N6O5. The number of carbonyl (C=O) groups is 3. The molecule has 11 nitrogen and oxygen atoms in total. The minimum Gasteiger partial charge on any atom is -0.465 e. The molecule has 1 saturated carbocycles. The highest BCUT2D eigenvalue weighted by Crippen LogP contribution is 2.27. The maximum absolute atomic E-state index is 12.4. The highest BCUT2D eigenvalue weighted by atomic mass is 16.6. The number of hydrogen-bond donors (Lipinski definition) is 2. The molecule has 3 rings (SSSR count). The van der Waals surface area contributed by atoms with E-state index >= 15 is 0 Å². The third kappa shape index (κ3) is 6.05. The molecule has 2 heterocycles. The van der Waals surface area contributed by atoms with Crippen molar-refractivity contribution < 1.29 is 23.9 Å². The highest BCUT2D eigenvalue weighted by Gasteiger charge is 2.30. The Labute approximate surface area is 192 Å². The monoisotopic (exact) mass is 458 g/mol. The van der Waals surface area contributed by atoms with Gasteiger partial charge >= 0.3 is 12.1 Å². The molecule has 2 aromatic rings. The van der Waals surface area contributed by atoms with Crippen LogP contribution in [0.4, 0.5) is 10.7 Å². The Balaban J connectivity index is 1.92. The van der Waals surface area contributed by atoms with E-state index in [2.05, 4.69) is 25.7 Å². The van der Waals surface area contributed by atoms with Crippen LogP contribution in [0.15, 0.2) is 12.4 Å². The van der Waals surface area contributed by atoms with E-state index in [1.165, 1.54) is 7.11 Å². The summed E-state index contributed by atoms with van der Waals surface area (Å²) >= 11 is 0. The standard InChI is InChI=1S/C22H30N6O5/c1-22(2,3)33-21(31)26-15-9-7-6-8-14(15)24-20-25-16(12-29)17(19(30)32-5)18(27-20)13-10-23-28(4)11-13/h10-12,14-15H,6-9H2,1-5H3,(H,26,31)(H,24,25,27)/t14-,15+/m1/s1. The summed E-state index contributed by atoms with van der Waals surface area (Å²) in [5.41, 5.74) is 0.0516. The van der Waals surface area contributed by atoms with Crippen molar-refractivity contribution in [3.63, 3.8) is 0 Å². The second-order valence-corrected chi connectivity index (χ2v) is 8.96. The average molecular weight is 459 g/mol. The van der Waals surface area contributed by atoms with Crippen molar-refractivity contribution in [2.45, 2.75) is 64.1 Å². The topological polar surface area (TPSA) is 137 Å². The lowest BCUT2D eigenvalue weighted by atomic mass is 9.90. The fourth-order valence-corrected chi connectivity index (χ4v) is 3.78. The molecule has 0 spiro atoms. The second kappa shape index (κ2) is 9.97. The van der Waals surface area contributed by atoms with E-state index in [1.54, 1.807) is 44.9 Å². The Hall–Kier alpha value is -3.50. The summed E-state index contributed by atoms with van der Waals surface area (Å²) in [4.78, 5) is 45.3. The zero-order chi connectivity index (χ0) is 24.2. The van der Waals surface area contributed by atoms with Gasteiger partial charge in [-0.25, -0.2) is 19.6 Å². The molecule has 1 fully saturated rings. The number of nitrogens with one attached hydrogen (secondary N) is 2. The summed E-state index contributed by atoms with van der Waals surface area (Å²) in [5.74, 6) is -0.545. The van der Waals surface area contributed by atoms with Crippen molar-refractivity contribution in [1.29, 1.82) is 0 Å². The minimum atomic E-state index is -0.718. The fraction of sp³-hybridized carbons (Fsp3) is 0.545. The zero-order valence-corrected chi connectivity index (χ0v) is 19.5. The van der Waals surface area contributed by atoms with E-state index in [0.717, 1.165) is 25.7 Å². The number of rotatable bonds is 6. The van der Waals surface area contributed by atoms with Gasteiger partial charge in [0.05, 0.1) is 25.0 Å². The average Bonchev–Trinajstić information content (AvgIpc) is 3.18. The van der Waals surface area contributed by atoms with Crippen LogP contribution in [0.5, 0.6) is 0 Å². The van der Waals surface area contributed by atoms with Crippen LogP contribution in [0.1, 0.15) is 67.3 Å². The largest absolute Gasteiger partial charge is 0.465 e. The number of carbonyl (C=O) groups excluding carboxylic acids is 3. The lowest BCUT2D eigenvalue weighted by Crippen LogP contribution is -2.50. The molecule has 2 atom stereocenters. The summed E-state index contributed by atoms with van der Waals surface area (Å²) < 4.78 is 11.8. The Morgan fingerprint density at radius 1 is 1.18 bits per heavy atom. The molecule has 0 unspecified atom stereocenters. The number of amides is 1. The van der Waals surface area contributed by atoms with Crippen LogP contribution < -0.4 is 10.6 Å². The molecule has 0 aromatic carbocycles. The van der Waals surface area contributed by atoms with Crippen LogP contribution >= 0.6 is 0 Å². The predicted octanol–water partition coefficient (Wildman–Crippen LogP) is 2.72. The molecule has 2 N–H and O–H groups in total. The number of methoxy groups -OCH3 is 1. The van der Waals surface area contributed by atoms with Gasteiger partial charge in [0.2, 0.25) is 5.95 Å². The van der Waals surface area contributed by atoms with Crippen molar-refractivity contribution in [3.8, 4) is 11.3 Å². The molecule has 0 bridgehead atoms. The van der Waals surface area contributed by atoms with E-state index in [0.29, 0.717) is 11.8 Å². The molecule has 11 heteroatoms. The van der Waals surface area contributed by atoms with E-state index < -0.39 is 17.7 Å². The molecule has 0 radical (unpaired) electrons. The molecule has 1 aliphatic carbocycles. The number of aldehydes is 1. The fourth-order valence-electron chi connectivity index (χ4n) is 3.78. The van der Waals surface area contributed by atoms with Crippen LogP contribution in [0.3, 0.4) is 0 Å². The summed E-state index contributed by atoms with van der Waals surface area (Å²) in [6.45, 7) is 5.42. The Morgan fingerprint density at radius 3 is 2.45 bits per heavy atom. The Kier molecular flexibility index (Phi) is 7.29. The molecule has 1 amide bonds. The number of nitrogens with zero attached hydrogens (tertiary/aromatic N) is 4. The van der Waals surface area contributed by atoms with Crippen LogP contribution in [-0.2, 0) is 16.5 Å². The molecule has 0 aliphatic heterocycles. The first-order valence-corrected chi connectivity index (χ1v) is 10.8. The first-order chi connectivity index (χ1) is 15.6. The van der Waals surface area contributed by atoms with E-state index in [9.17, 15) is 14.4 Å². The lowest BCUT2D eigenvalue weighted by molar-refractivity contribution is 0.0487. The molecule has 2 aromatic heterocycles. The van der Waals surface area contributed by atoms with Gasteiger partial charge in [-0.1, -0.05) is 12.8 Å². The van der Waals surface area contributed by atoms with Crippen LogP contribution in [-0.4, -0.2) is 62.9 Å². The molecule has 1 aliphatic rings. The summed E-state index contributed by atoms with van der Waals surface area (Å²) in [7, 11) is 2.96. The van der Waals surface area contributed by atoms with Crippen LogP contribution in [0, 0.1) is 0 Å². The zero-order valence-electron chi connectivity index (χ0n) is 19.5. The van der Waals surface area contributed by atoms with Crippen molar-refractivity contribution >= 4 is 24.3 Å². The summed E-state index contributed by atoms with van der Waals surface area (Å²) in [5, 5.41) is 10.3. The quantitative estimate of drug-likeness (QED) is 0.494. The van der Waals surface area contributed by atoms with E-state index in [-0.39, 0.29) is 35.0 Å². The first kappa shape index (κ1) is 24.1. The third-order valence-corrected chi connectivity index (χ3v) is 5.20. The Morgan fingerprint density at radius 2 is 1.88 bits per heavy atom. The van der Waals surface area contributed by atoms with Gasteiger partial charge in [-0.2, -0.15) is 5.10 Å². The summed E-state index contributed by atoms with van der Waals surface area (Å²) in [6.07, 6.45) is 6.67. The van der Waals surface area contributed by atoms with Crippen molar-refractivity contribution in [2.24, 2.45) is 7.05 Å². The van der Waals surface area contributed by atoms with Crippen molar-refractivity contribution in [1.82, 2.24) is 25.1 Å². The smallest absolute Gasteiger partial charge is 0.407 e. The molecular weight excluding hydrogens is 428 g/mol. The minimum absolute atomic E-state index is 0.0295. The van der Waals surface area contributed by atoms with Gasteiger partial charge in [0.1, 0.15) is 16.9 Å². The normalized spacial score (nSPS) is 18.3. The van der Waals surface area contributed by atoms with Crippen LogP contribution in [0.2, 0.25) is 0 Å². The molecule has 178 valence electrons. The van der Waals surface area contributed by atoms with Gasteiger partial charge in [-0.05, 0) is 33.6 Å². The van der Waals surface area contributed by atoms with E-state index in [1.807, 2.05) is 0 Å². The van der Waals surface area contributed by atoms with Gasteiger partial charge in [0.25, 0.3) is 0 Å². The van der Waals surface area contributed by atoms with Gasteiger partial charge in [-0.3, -0.25) is 9.48 Å². The second-order valence-electron chi connectivity index (χ2n) is 8.96.